The Kier molecular flexibility index (Phi) is 3.50. The molecule has 0 spiro atoms. The van der Waals surface area contributed by atoms with Crippen LogP contribution in [-0.4, -0.2) is 26.1 Å². The van der Waals surface area contributed by atoms with Crippen LogP contribution in [0, 0.1) is 0 Å². The van der Waals surface area contributed by atoms with E-state index in [0.29, 0.717) is 5.56 Å². The van der Waals surface area contributed by atoms with Gasteiger partial charge in [0.05, 0.1) is 6.26 Å². The molecule has 0 bridgehead atoms. The minimum Gasteiger partial charge on any atom is -0.291 e. The molecule has 1 aromatic rings. The second-order valence-corrected chi connectivity index (χ2v) is 5.57. The Morgan fingerprint density at radius 1 is 1.19 bits per heavy atom. The molecule has 0 aliphatic heterocycles. The van der Waals surface area contributed by atoms with Crippen molar-refractivity contribution in [2.75, 3.05) is 6.26 Å². The second-order valence-electron chi connectivity index (χ2n) is 3.99. The molecule has 0 N–H and O–H groups in total. The third kappa shape index (κ3) is 3.43. The number of carbonyl (C=O) groups excluding carboxylic acids is 1. The van der Waals surface area contributed by atoms with Crippen LogP contribution in [0.2, 0.25) is 0 Å². The zero-order valence-corrected chi connectivity index (χ0v) is 10.2. The monoisotopic (exact) mass is 242 g/mol. The average Bonchev–Trinajstić information content (AvgIpc) is 2.14. The summed E-state index contributed by atoms with van der Waals surface area (Å²) in [6.07, 6.45) is 0.924. The number of Topliss-reactive ketones (excluding diaryl/α,β-unsaturated/α-hetero) is 1. The van der Waals surface area contributed by atoms with E-state index < -0.39 is 15.7 Å². The molecule has 88 valence electrons. The number of carbonyl (C=O) groups is 1. The first-order valence-electron chi connectivity index (χ1n) is 4.73. The molecule has 0 aromatic heterocycles. The van der Waals surface area contributed by atoms with E-state index in [1.807, 2.05) is 0 Å². The van der Waals surface area contributed by atoms with Crippen LogP contribution in [0.25, 0.3) is 0 Å². The highest BCUT2D eigenvalue weighted by Gasteiger charge is 2.33. The zero-order chi connectivity index (χ0) is 12.4. The van der Waals surface area contributed by atoms with E-state index in [1.54, 1.807) is 30.3 Å². The van der Waals surface area contributed by atoms with Crippen LogP contribution in [0.5, 0.6) is 0 Å². The van der Waals surface area contributed by atoms with Gasteiger partial charge in [0.1, 0.15) is 5.60 Å². The van der Waals surface area contributed by atoms with Crippen molar-refractivity contribution in [2.45, 2.75) is 19.4 Å². The van der Waals surface area contributed by atoms with Crippen molar-refractivity contribution in [2.24, 2.45) is 0 Å². The zero-order valence-electron chi connectivity index (χ0n) is 9.43. The highest BCUT2D eigenvalue weighted by Crippen LogP contribution is 2.19. The first-order valence-corrected chi connectivity index (χ1v) is 6.54. The largest absolute Gasteiger partial charge is 0.291 e. The molecule has 0 saturated heterocycles. The molecule has 0 amide bonds. The van der Waals surface area contributed by atoms with Gasteiger partial charge in [-0.05, 0) is 13.8 Å². The van der Waals surface area contributed by atoms with E-state index in [-0.39, 0.29) is 5.78 Å². The van der Waals surface area contributed by atoms with Gasteiger partial charge < -0.3 is 0 Å². The average molecular weight is 242 g/mol. The van der Waals surface area contributed by atoms with Crippen molar-refractivity contribution < 1.29 is 17.4 Å². The van der Waals surface area contributed by atoms with Crippen LogP contribution in [0.1, 0.15) is 24.2 Å². The molecular weight excluding hydrogens is 228 g/mol. The number of hydrogen-bond donors (Lipinski definition) is 0. The lowest BCUT2D eigenvalue weighted by molar-refractivity contribution is 0.0608. The van der Waals surface area contributed by atoms with Crippen LogP contribution < -0.4 is 0 Å². The van der Waals surface area contributed by atoms with Gasteiger partial charge in [0.2, 0.25) is 0 Å². The Bertz CT molecular complexity index is 474. The third-order valence-electron chi connectivity index (χ3n) is 1.94. The van der Waals surface area contributed by atoms with Crippen molar-refractivity contribution in [3.63, 3.8) is 0 Å². The SMILES string of the molecule is CC(C)(OS(C)(=O)=O)C(=O)c1ccccc1. The van der Waals surface area contributed by atoms with Crippen molar-refractivity contribution in [1.29, 1.82) is 0 Å². The summed E-state index contributed by atoms with van der Waals surface area (Å²) >= 11 is 0. The highest BCUT2D eigenvalue weighted by atomic mass is 32.2. The molecule has 0 radical (unpaired) electrons. The summed E-state index contributed by atoms with van der Waals surface area (Å²) in [6, 6.07) is 8.44. The smallest absolute Gasteiger partial charge is 0.265 e. The van der Waals surface area contributed by atoms with Gasteiger partial charge in [-0.2, -0.15) is 8.42 Å². The van der Waals surface area contributed by atoms with Gasteiger partial charge in [-0.25, -0.2) is 0 Å². The number of benzene rings is 1. The van der Waals surface area contributed by atoms with Crippen LogP contribution in [0.4, 0.5) is 0 Å². The summed E-state index contributed by atoms with van der Waals surface area (Å²) in [5.74, 6) is -0.362. The Morgan fingerprint density at radius 2 is 1.69 bits per heavy atom. The lowest BCUT2D eigenvalue weighted by atomic mass is 9.97. The maximum absolute atomic E-state index is 12.0. The molecular formula is C11H14O4S. The molecule has 0 saturated carbocycles. The summed E-state index contributed by atoms with van der Waals surface area (Å²) in [6.45, 7) is 2.87. The lowest BCUT2D eigenvalue weighted by Gasteiger charge is -2.21. The minimum absolute atomic E-state index is 0.362. The third-order valence-corrected chi connectivity index (χ3v) is 2.66. The molecule has 0 aliphatic rings. The Hall–Kier alpha value is -1.20. The predicted molar refractivity (Wildman–Crippen MR) is 60.8 cm³/mol. The molecule has 0 unspecified atom stereocenters. The van der Waals surface area contributed by atoms with Gasteiger partial charge in [-0.15, -0.1) is 0 Å². The number of ketones is 1. The van der Waals surface area contributed by atoms with Gasteiger partial charge in [0, 0.05) is 5.56 Å². The molecule has 4 nitrogen and oxygen atoms in total. The van der Waals surface area contributed by atoms with E-state index >= 15 is 0 Å². The van der Waals surface area contributed by atoms with E-state index in [4.69, 9.17) is 4.18 Å². The van der Waals surface area contributed by atoms with Gasteiger partial charge in [0.15, 0.2) is 5.78 Å². The van der Waals surface area contributed by atoms with Gasteiger partial charge >= 0.3 is 0 Å². The fourth-order valence-electron chi connectivity index (χ4n) is 1.35. The molecule has 0 fully saturated rings. The quantitative estimate of drug-likeness (QED) is 0.594. The van der Waals surface area contributed by atoms with Crippen LogP contribution in [-0.2, 0) is 14.3 Å². The molecule has 16 heavy (non-hydrogen) atoms. The predicted octanol–water partition coefficient (Wildman–Crippen LogP) is 1.62. The molecule has 0 heterocycles. The minimum atomic E-state index is -3.66. The maximum atomic E-state index is 12.0. The fraction of sp³-hybridized carbons (Fsp3) is 0.364. The first-order chi connectivity index (χ1) is 7.22. The molecule has 5 heteroatoms. The Morgan fingerprint density at radius 3 is 2.12 bits per heavy atom. The summed E-state index contributed by atoms with van der Waals surface area (Å²) in [5, 5.41) is 0. The highest BCUT2D eigenvalue weighted by molar-refractivity contribution is 7.86. The van der Waals surface area contributed by atoms with Crippen LogP contribution in [0.3, 0.4) is 0 Å². The van der Waals surface area contributed by atoms with Crippen LogP contribution in [0.15, 0.2) is 30.3 Å². The van der Waals surface area contributed by atoms with E-state index in [2.05, 4.69) is 0 Å². The summed E-state index contributed by atoms with van der Waals surface area (Å²) in [4.78, 5) is 12.0. The van der Waals surface area contributed by atoms with E-state index in [0.717, 1.165) is 6.26 Å². The summed E-state index contributed by atoms with van der Waals surface area (Å²) in [7, 11) is -3.66. The molecule has 1 rings (SSSR count). The lowest BCUT2D eigenvalue weighted by Crippen LogP contribution is -2.37. The number of rotatable bonds is 4. The van der Waals surface area contributed by atoms with Gasteiger partial charge in [0.25, 0.3) is 10.1 Å². The fourth-order valence-corrected chi connectivity index (χ4v) is 2.19. The van der Waals surface area contributed by atoms with Crippen molar-refractivity contribution in [1.82, 2.24) is 0 Å². The van der Waals surface area contributed by atoms with E-state index in [9.17, 15) is 13.2 Å². The summed E-state index contributed by atoms with van der Waals surface area (Å²) < 4.78 is 26.8. The normalized spacial score (nSPS) is 12.4. The van der Waals surface area contributed by atoms with Gasteiger partial charge in [-0.3, -0.25) is 8.98 Å². The van der Waals surface area contributed by atoms with E-state index in [1.165, 1.54) is 13.8 Å². The van der Waals surface area contributed by atoms with Crippen molar-refractivity contribution in [3.05, 3.63) is 35.9 Å². The topological polar surface area (TPSA) is 60.4 Å². The van der Waals surface area contributed by atoms with Gasteiger partial charge in [-0.1, -0.05) is 30.3 Å². The second kappa shape index (κ2) is 4.35. The number of hydrogen-bond acceptors (Lipinski definition) is 4. The molecule has 0 aliphatic carbocycles. The molecule has 1 aromatic carbocycles. The standard InChI is InChI=1S/C11H14O4S/c1-11(2,15-16(3,13)14)10(12)9-7-5-4-6-8-9/h4-8H,1-3H3. The first kappa shape index (κ1) is 12.9. The Balaban J connectivity index is 2.98. The van der Waals surface area contributed by atoms with Crippen LogP contribution >= 0.6 is 0 Å². The van der Waals surface area contributed by atoms with Crippen molar-refractivity contribution in [3.8, 4) is 0 Å². The summed E-state index contributed by atoms with van der Waals surface area (Å²) in [5.41, 5.74) is -0.953. The van der Waals surface area contributed by atoms with Crippen molar-refractivity contribution >= 4 is 15.9 Å². The Labute approximate surface area is 95.4 Å². The molecule has 0 atom stereocenters. The maximum Gasteiger partial charge on any atom is 0.265 e.